The van der Waals surface area contributed by atoms with Gasteiger partial charge in [0.05, 0.1) is 11.3 Å². The number of aryl methyl sites for hydroxylation is 2. The molecule has 0 saturated heterocycles. The van der Waals surface area contributed by atoms with Gasteiger partial charge in [0.25, 0.3) is 5.56 Å². The molecule has 1 aliphatic heterocycles. The van der Waals surface area contributed by atoms with Crippen LogP contribution in [0.1, 0.15) is 27.9 Å². The summed E-state index contributed by atoms with van der Waals surface area (Å²) < 4.78 is 0. The zero-order valence-electron chi connectivity index (χ0n) is 15.1. The van der Waals surface area contributed by atoms with Crippen LogP contribution in [-0.4, -0.2) is 26.4 Å². The average Bonchev–Trinajstić information content (AvgIpc) is 2.65. The fraction of sp³-hybridized carbons (Fsp3) is 0.286. The summed E-state index contributed by atoms with van der Waals surface area (Å²) in [5.74, 6) is 0.624. The molecule has 0 spiro atoms. The van der Waals surface area contributed by atoms with Gasteiger partial charge in [-0.05, 0) is 37.1 Å². The molecule has 2 aromatic heterocycles. The van der Waals surface area contributed by atoms with E-state index in [0.29, 0.717) is 12.4 Å². The second-order valence-corrected chi connectivity index (χ2v) is 6.97. The van der Waals surface area contributed by atoms with Gasteiger partial charge in [-0.1, -0.05) is 23.8 Å². The third-order valence-corrected chi connectivity index (χ3v) is 4.99. The second kappa shape index (κ2) is 6.84. The summed E-state index contributed by atoms with van der Waals surface area (Å²) >= 11 is 0. The number of fused-ring (bicyclic) bond motifs is 1. The third kappa shape index (κ3) is 3.30. The normalized spacial score (nSPS) is 14.2. The summed E-state index contributed by atoms with van der Waals surface area (Å²) in [4.78, 5) is 26.6. The van der Waals surface area contributed by atoms with Crippen molar-refractivity contribution in [1.82, 2.24) is 19.9 Å². The fourth-order valence-electron chi connectivity index (χ4n) is 3.53. The first-order valence-corrected chi connectivity index (χ1v) is 8.91. The summed E-state index contributed by atoms with van der Waals surface area (Å²) in [5.41, 5.74) is 6.45. The molecular weight excluding hydrogens is 324 g/mol. The van der Waals surface area contributed by atoms with E-state index < -0.39 is 0 Å². The highest BCUT2D eigenvalue weighted by Gasteiger charge is 2.22. The van der Waals surface area contributed by atoms with Gasteiger partial charge in [-0.3, -0.25) is 14.7 Å². The van der Waals surface area contributed by atoms with Crippen LogP contribution in [0.3, 0.4) is 0 Å². The number of nitrogens with zero attached hydrogens (tertiary/aromatic N) is 3. The Morgan fingerprint density at radius 1 is 1.15 bits per heavy atom. The summed E-state index contributed by atoms with van der Waals surface area (Å²) in [6.45, 7) is 6.67. The van der Waals surface area contributed by atoms with Gasteiger partial charge in [-0.25, -0.2) is 4.98 Å². The molecule has 0 radical (unpaired) electrons. The van der Waals surface area contributed by atoms with E-state index in [1.54, 1.807) is 12.4 Å². The number of aromatic nitrogens is 3. The van der Waals surface area contributed by atoms with Gasteiger partial charge in [0.15, 0.2) is 0 Å². The highest BCUT2D eigenvalue weighted by molar-refractivity contribution is 5.54. The zero-order chi connectivity index (χ0) is 18.1. The van der Waals surface area contributed by atoms with Gasteiger partial charge in [0.2, 0.25) is 0 Å². The Labute approximate surface area is 152 Å². The number of benzene rings is 1. The molecule has 3 aromatic rings. The molecule has 0 fully saturated rings. The average molecular weight is 346 g/mol. The van der Waals surface area contributed by atoms with Crippen molar-refractivity contribution in [3.05, 3.63) is 81.0 Å². The highest BCUT2D eigenvalue weighted by atomic mass is 16.1. The molecule has 0 saturated carbocycles. The molecule has 26 heavy (non-hydrogen) atoms. The molecule has 3 heterocycles. The Bertz CT molecular complexity index is 995. The van der Waals surface area contributed by atoms with Crippen LogP contribution in [0, 0.1) is 13.8 Å². The molecule has 132 valence electrons. The summed E-state index contributed by atoms with van der Waals surface area (Å²) in [6.07, 6.45) is 4.21. The van der Waals surface area contributed by atoms with E-state index in [9.17, 15) is 4.79 Å². The van der Waals surface area contributed by atoms with Gasteiger partial charge in [-0.2, -0.15) is 0 Å². The Morgan fingerprint density at radius 2 is 1.96 bits per heavy atom. The zero-order valence-corrected chi connectivity index (χ0v) is 15.1. The first-order chi connectivity index (χ1) is 12.6. The topological polar surface area (TPSA) is 61.9 Å². The molecule has 0 atom stereocenters. The monoisotopic (exact) mass is 346 g/mol. The maximum absolute atomic E-state index is 12.6. The predicted octanol–water partition coefficient (Wildman–Crippen LogP) is 3.01. The Hall–Kier alpha value is -2.79. The molecule has 0 unspecified atom stereocenters. The lowest BCUT2D eigenvalue weighted by Crippen LogP contribution is -2.35. The maximum Gasteiger partial charge on any atom is 0.255 e. The molecule has 0 aliphatic carbocycles. The number of hydrogen-bond acceptors (Lipinski definition) is 4. The fourth-order valence-corrected chi connectivity index (χ4v) is 3.53. The van der Waals surface area contributed by atoms with Crippen LogP contribution in [0.5, 0.6) is 0 Å². The van der Waals surface area contributed by atoms with Gasteiger partial charge in [0.1, 0.15) is 5.82 Å². The minimum Gasteiger partial charge on any atom is -0.306 e. The molecule has 1 aromatic carbocycles. The van der Waals surface area contributed by atoms with Crippen LogP contribution in [-0.2, 0) is 19.5 Å². The lowest BCUT2D eigenvalue weighted by Gasteiger charge is -2.28. The van der Waals surface area contributed by atoms with Crippen LogP contribution >= 0.6 is 0 Å². The van der Waals surface area contributed by atoms with E-state index in [-0.39, 0.29) is 5.56 Å². The minimum atomic E-state index is -0.0351. The smallest absolute Gasteiger partial charge is 0.255 e. The van der Waals surface area contributed by atoms with Gasteiger partial charge in [-0.15, -0.1) is 0 Å². The molecule has 0 bridgehead atoms. The van der Waals surface area contributed by atoms with Gasteiger partial charge < -0.3 is 4.98 Å². The van der Waals surface area contributed by atoms with Gasteiger partial charge >= 0.3 is 0 Å². The van der Waals surface area contributed by atoms with E-state index in [1.807, 2.05) is 12.1 Å². The number of hydrogen-bond donors (Lipinski definition) is 1. The van der Waals surface area contributed by atoms with Crippen LogP contribution in [0.15, 0.2) is 47.5 Å². The van der Waals surface area contributed by atoms with Crippen molar-refractivity contribution in [2.24, 2.45) is 0 Å². The lowest BCUT2D eigenvalue weighted by molar-refractivity contribution is 0.241. The van der Waals surface area contributed by atoms with E-state index in [1.165, 1.54) is 16.7 Å². The predicted molar refractivity (Wildman–Crippen MR) is 102 cm³/mol. The number of pyridine rings is 1. The maximum atomic E-state index is 12.6. The Balaban J connectivity index is 1.58. The molecule has 5 heteroatoms. The van der Waals surface area contributed by atoms with E-state index in [4.69, 9.17) is 4.98 Å². The third-order valence-electron chi connectivity index (χ3n) is 4.99. The SMILES string of the molecule is Cc1ccc(CN2CCc3nc(-c4ccncc4)[nH]c(=O)c3C2)c(C)c1. The molecule has 1 aliphatic rings. The highest BCUT2D eigenvalue weighted by Crippen LogP contribution is 2.21. The molecule has 4 rings (SSSR count). The number of rotatable bonds is 3. The van der Waals surface area contributed by atoms with Crippen molar-refractivity contribution in [3.8, 4) is 11.4 Å². The van der Waals surface area contributed by atoms with Gasteiger partial charge in [0, 0.05) is 44.0 Å². The molecule has 0 amide bonds. The first-order valence-electron chi connectivity index (χ1n) is 8.91. The summed E-state index contributed by atoms with van der Waals surface area (Å²) in [7, 11) is 0. The van der Waals surface area contributed by atoms with Crippen LogP contribution in [0.4, 0.5) is 0 Å². The van der Waals surface area contributed by atoms with Crippen molar-refractivity contribution >= 4 is 0 Å². The molecule has 5 nitrogen and oxygen atoms in total. The standard InChI is InChI=1S/C21H22N4O/c1-14-3-4-17(15(2)11-14)12-25-10-7-19-18(13-25)21(26)24-20(23-19)16-5-8-22-9-6-16/h3-6,8-9,11H,7,10,12-13H2,1-2H3,(H,23,24,26). The number of aromatic amines is 1. The Kier molecular flexibility index (Phi) is 4.39. The minimum absolute atomic E-state index is 0.0351. The van der Waals surface area contributed by atoms with Crippen LogP contribution < -0.4 is 5.56 Å². The quantitative estimate of drug-likeness (QED) is 0.792. The summed E-state index contributed by atoms with van der Waals surface area (Å²) in [5, 5.41) is 0. The lowest BCUT2D eigenvalue weighted by atomic mass is 10.0. The molecular formula is C21H22N4O. The summed E-state index contributed by atoms with van der Waals surface area (Å²) in [6, 6.07) is 10.3. The number of H-pyrrole nitrogens is 1. The van der Waals surface area contributed by atoms with Crippen LogP contribution in [0.2, 0.25) is 0 Å². The Morgan fingerprint density at radius 3 is 2.73 bits per heavy atom. The van der Waals surface area contributed by atoms with E-state index in [2.05, 4.69) is 46.9 Å². The first kappa shape index (κ1) is 16.7. The van der Waals surface area contributed by atoms with E-state index in [0.717, 1.165) is 36.3 Å². The number of nitrogens with one attached hydrogen (secondary N) is 1. The van der Waals surface area contributed by atoms with E-state index >= 15 is 0 Å². The second-order valence-electron chi connectivity index (χ2n) is 6.97. The van der Waals surface area contributed by atoms with Crippen molar-refractivity contribution in [2.45, 2.75) is 33.4 Å². The molecule has 1 N–H and O–H groups in total. The van der Waals surface area contributed by atoms with Crippen molar-refractivity contribution in [2.75, 3.05) is 6.54 Å². The largest absolute Gasteiger partial charge is 0.306 e. The van der Waals surface area contributed by atoms with Crippen molar-refractivity contribution in [3.63, 3.8) is 0 Å². The van der Waals surface area contributed by atoms with Crippen molar-refractivity contribution in [1.29, 1.82) is 0 Å². The van der Waals surface area contributed by atoms with Crippen molar-refractivity contribution < 1.29 is 0 Å². The van der Waals surface area contributed by atoms with Crippen LogP contribution in [0.25, 0.3) is 11.4 Å².